The quantitative estimate of drug-likeness (QED) is 0.280. The van der Waals surface area contributed by atoms with Gasteiger partial charge >= 0.3 is 308 Å². The summed E-state index contributed by atoms with van der Waals surface area (Å²) >= 11 is 0. The molecule has 0 heterocycles. The molecule has 0 aliphatic rings. The molecule has 0 atom stereocenters. The van der Waals surface area contributed by atoms with Crippen LogP contribution in [0.15, 0.2) is 0 Å². The van der Waals surface area contributed by atoms with Crippen LogP contribution in [-0.4, -0.2) is 32.9 Å². The molecule has 0 amide bonds. The number of hydrogen-bond acceptors (Lipinski definition) is 6. The summed E-state index contributed by atoms with van der Waals surface area (Å²) < 4.78 is 0. The zero-order valence-electron chi connectivity index (χ0n) is 9.00. The van der Waals surface area contributed by atoms with Crippen LogP contribution in [0.1, 0.15) is 0 Å². The van der Waals surface area contributed by atoms with Gasteiger partial charge in [0.25, 0.3) is 0 Å². The minimum absolute atomic E-state index is 0. The Balaban J connectivity index is 0. The molecule has 0 fully saturated rings. The van der Waals surface area contributed by atoms with Crippen molar-refractivity contribution in [3.8, 4) is 0 Å². The van der Waals surface area contributed by atoms with Crippen molar-refractivity contribution >= 4 is 0 Å². The van der Waals surface area contributed by atoms with E-state index in [9.17, 15) is 0 Å². The van der Waals surface area contributed by atoms with Crippen LogP contribution in [0.3, 0.4) is 0 Å². The summed E-state index contributed by atoms with van der Waals surface area (Å²) in [4.78, 5) is 0. The molecule has 58 valence electrons. The fraction of sp³-hybridized carbons (Fsp3) is 0. The average molecular weight is 532 g/mol. The summed E-state index contributed by atoms with van der Waals surface area (Å²) in [6.07, 6.45) is 0. The molecule has 0 spiro atoms. The molecule has 0 radical (unpaired) electrons. The van der Waals surface area contributed by atoms with E-state index in [2.05, 4.69) is 0 Å². The van der Waals surface area contributed by atoms with Gasteiger partial charge in [0.2, 0.25) is 0 Å². The molecule has 0 saturated heterocycles. The van der Waals surface area contributed by atoms with E-state index in [1.807, 2.05) is 0 Å². The molecule has 0 aliphatic carbocycles. The van der Waals surface area contributed by atoms with Gasteiger partial charge in [-0.3, -0.25) is 0 Å². The first-order chi connectivity index (χ1) is 0. The molecular formula is H6K6O6Pt. The molecule has 13 heteroatoms. The zero-order valence-corrected chi connectivity index (χ0v) is 30.0. The minimum atomic E-state index is 0. The minimum Gasteiger partial charge on any atom is -0.870 e. The Labute approximate surface area is 348 Å². The van der Waals surface area contributed by atoms with Gasteiger partial charge in [0.15, 0.2) is 0 Å². The summed E-state index contributed by atoms with van der Waals surface area (Å²) in [5.74, 6) is 0. The molecule has 0 saturated carbocycles. The monoisotopic (exact) mass is 531 g/mol. The third kappa shape index (κ3) is 86.8. The Hall–Kier alpha value is 10.3. The van der Waals surface area contributed by atoms with Gasteiger partial charge in [-0.2, -0.15) is 0 Å². The maximum atomic E-state index is 0. The Morgan fingerprint density at radius 2 is 0.231 bits per heavy atom. The van der Waals surface area contributed by atoms with Crippen LogP contribution < -0.4 is 308 Å². The number of hydrogen-bond donors (Lipinski definition) is 0. The molecule has 0 aromatic carbocycles. The predicted octanol–water partition coefficient (Wildman–Crippen LogP) is -19.0. The SMILES string of the molecule is [K+].[K+].[K+].[K+].[K+].[K+].[OH-].[OH-].[OH-].[OH-].[OH-].[OH-].[Pt]. The summed E-state index contributed by atoms with van der Waals surface area (Å²) in [6.45, 7) is 0. The van der Waals surface area contributed by atoms with Gasteiger partial charge in [-0.15, -0.1) is 0 Å². The van der Waals surface area contributed by atoms with Gasteiger partial charge in [-0.1, -0.05) is 0 Å². The Kier molecular flexibility index (Phi) is 804. The Bertz CT molecular complexity index is 17.1. The van der Waals surface area contributed by atoms with Gasteiger partial charge in [0, 0.05) is 21.1 Å². The van der Waals surface area contributed by atoms with E-state index < -0.39 is 0 Å². The predicted molar refractivity (Wildman–Crippen MR) is 11.6 cm³/mol. The second-order valence-electron chi connectivity index (χ2n) is 0. The van der Waals surface area contributed by atoms with Crippen LogP contribution in [0.2, 0.25) is 0 Å². The third-order valence-electron chi connectivity index (χ3n) is 0. The third-order valence-corrected chi connectivity index (χ3v) is 0. The molecule has 0 aliphatic heterocycles. The van der Waals surface area contributed by atoms with E-state index in [1.54, 1.807) is 0 Å². The first kappa shape index (κ1) is 109. The molecule has 0 aromatic rings. The van der Waals surface area contributed by atoms with Crippen LogP contribution in [0.5, 0.6) is 0 Å². The average Bonchev–Trinajstić information content (AvgIpc) is 0. The second-order valence-corrected chi connectivity index (χ2v) is 0. The van der Waals surface area contributed by atoms with E-state index in [1.165, 1.54) is 0 Å². The number of rotatable bonds is 0. The van der Waals surface area contributed by atoms with Gasteiger partial charge in [-0.25, -0.2) is 0 Å². The van der Waals surface area contributed by atoms with E-state index >= 15 is 0 Å². The normalized spacial score (nSPS) is 0. The molecule has 0 unspecified atom stereocenters. The second kappa shape index (κ2) is 95.5. The molecule has 0 bridgehead atoms. The maximum Gasteiger partial charge on any atom is 1.00 e. The molecule has 13 heavy (non-hydrogen) atoms. The summed E-state index contributed by atoms with van der Waals surface area (Å²) in [5, 5.41) is 0. The smallest absolute Gasteiger partial charge is 0.870 e. The van der Waals surface area contributed by atoms with Crippen molar-refractivity contribution in [2.45, 2.75) is 0 Å². The molecule has 0 rings (SSSR count). The van der Waals surface area contributed by atoms with Crippen LogP contribution in [-0.2, 0) is 21.1 Å². The van der Waals surface area contributed by atoms with Crippen molar-refractivity contribution in [3.05, 3.63) is 0 Å². The first-order valence-corrected chi connectivity index (χ1v) is 0. The summed E-state index contributed by atoms with van der Waals surface area (Å²) in [6, 6.07) is 0. The first-order valence-electron chi connectivity index (χ1n) is 0. The van der Waals surface area contributed by atoms with Crippen molar-refractivity contribution < 1.29 is 362 Å². The van der Waals surface area contributed by atoms with Gasteiger partial charge < -0.3 is 32.9 Å². The van der Waals surface area contributed by atoms with E-state index in [-0.39, 0.29) is 362 Å². The summed E-state index contributed by atoms with van der Waals surface area (Å²) in [7, 11) is 0. The van der Waals surface area contributed by atoms with Gasteiger partial charge in [0.05, 0.1) is 0 Å². The molecule has 0 aromatic heterocycles. The van der Waals surface area contributed by atoms with E-state index in [4.69, 9.17) is 0 Å². The van der Waals surface area contributed by atoms with Crippen molar-refractivity contribution in [2.24, 2.45) is 0 Å². The Morgan fingerprint density at radius 1 is 0.231 bits per heavy atom. The summed E-state index contributed by atoms with van der Waals surface area (Å²) in [5.41, 5.74) is 0. The molecule has 6 N–H and O–H groups in total. The van der Waals surface area contributed by atoms with E-state index in [0.29, 0.717) is 0 Å². The zero-order chi connectivity index (χ0) is 0. The van der Waals surface area contributed by atoms with Gasteiger partial charge in [-0.05, 0) is 0 Å². The largest absolute Gasteiger partial charge is 1.00 e. The van der Waals surface area contributed by atoms with Crippen molar-refractivity contribution in [1.29, 1.82) is 0 Å². The van der Waals surface area contributed by atoms with Crippen LogP contribution >= 0.6 is 0 Å². The van der Waals surface area contributed by atoms with Gasteiger partial charge in [0.1, 0.15) is 0 Å². The topological polar surface area (TPSA) is 180 Å². The van der Waals surface area contributed by atoms with Crippen molar-refractivity contribution in [3.63, 3.8) is 0 Å². The van der Waals surface area contributed by atoms with Crippen LogP contribution in [0, 0.1) is 0 Å². The maximum absolute atomic E-state index is 0. The standard InChI is InChI=1S/6K.6H2O.Pt/h;;;;;;6*1H2;/q6*+1;;;;;;;/p-6. The fourth-order valence-electron chi connectivity index (χ4n) is 0. The molecule has 6 nitrogen and oxygen atoms in total. The van der Waals surface area contributed by atoms with E-state index in [0.717, 1.165) is 0 Å². The van der Waals surface area contributed by atoms with Crippen LogP contribution in [0.25, 0.3) is 0 Å². The van der Waals surface area contributed by atoms with Crippen LogP contribution in [0.4, 0.5) is 0 Å². The van der Waals surface area contributed by atoms with Crippen molar-refractivity contribution in [1.82, 2.24) is 0 Å². The van der Waals surface area contributed by atoms with Crippen molar-refractivity contribution in [2.75, 3.05) is 0 Å². The Morgan fingerprint density at radius 3 is 0.231 bits per heavy atom. The molecular weight excluding hydrogens is 526 g/mol. The fourth-order valence-corrected chi connectivity index (χ4v) is 0.